The van der Waals surface area contributed by atoms with Crippen LogP contribution < -0.4 is 10.2 Å². The molecule has 1 aromatic carbocycles. The molecule has 0 aromatic heterocycles. The lowest BCUT2D eigenvalue weighted by atomic mass is 9.84. The molecule has 0 aliphatic carbocycles. The number of anilines is 1. The molecule has 1 aromatic rings. The highest BCUT2D eigenvalue weighted by Crippen LogP contribution is 2.32. The minimum atomic E-state index is 0.286. The molecular formula is C16H25BrN2. The zero-order chi connectivity index (χ0) is 14.2. The zero-order valence-corrected chi connectivity index (χ0v) is 14.2. The fourth-order valence-corrected chi connectivity index (χ4v) is 3.10. The summed E-state index contributed by atoms with van der Waals surface area (Å²) in [5.74, 6) is 0. The first-order valence-corrected chi connectivity index (χ1v) is 7.84. The predicted molar refractivity (Wildman–Crippen MR) is 86.9 cm³/mol. The van der Waals surface area contributed by atoms with Crippen molar-refractivity contribution in [3.63, 3.8) is 0 Å². The molecule has 0 spiro atoms. The quantitative estimate of drug-likeness (QED) is 0.840. The molecule has 1 aliphatic heterocycles. The molecule has 0 amide bonds. The van der Waals surface area contributed by atoms with Gasteiger partial charge in [0.2, 0.25) is 0 Å². The fraction of sp³-hybridized carbons (Fsp3) is 0.625. The van der Waals surface area contributed by atoms with E-state index in [-0.39, 0.29) is 5.41 Å². The van der Waals surface area contributed by atoms with Crippen LogP contribution in [-0.4, -0.2) is 25.2 Å². The molecule has 0 saturated carbocycles. The van der Waals surface area contributed by atoms with Gasteiger partial charge in [0.1, 0.15) is 0 Å². The van der Waals surface area contributed by atoms with Crippen LogP contribution in [0.15, 0.2) is 22.7 Å². The SMILES string of the molecule is Cc1ccc(Br)c(N2CC(C(C)(C)C)NCC2C)c1. The zero-order valence-electron chi connectivity index (χ0n) is 12.6. The summed E-state index contributed by atoms with van der Waals surface area (Å²) < 4.78 is 1.19. The highest BCUT2D eigenvalue weighted by atomic mass is 79.9. The maximum atomic E-state index is 3.70. The number of benzene rings is 1. The minimum absolute atomic E-state index is 0.286. The van der Waals surface area contributed by atoms with Crippen LogP contribution in [0.5, 0.6) is 0 Å². The molecule has 0 bridgehead atoms. The third-order valence-electron chi connectivity index (χ3n) is 4.03. The second kappa shape index (κ2) is 5.45. The van der Waals surface area contributed by atoms with Gasteiger partial charge in [0.25, 0.3) is 0 Å². The second-order valence-corrected chi connectivity index (χ2v) is 7.64. The van der Waals surface area contributed by atoms with Gasteiger partial charge in [-0.15, -0.1) is 0 Å². The summed E-state index contributed by atoms with van der Waals surface area (Å²) in [5, 5.41) is 3.69. The number of halogens is 1. The van der Waals surface area contributed by atoms with Crippen molar-refractivity contribution >= 4 is 21.6 Å². The Bertz CT molecular complexity index is 451. The average Bonchev–Trinajstić information content (AvgIpc) is 2.32. The van der Waals surface area contributed by atoms with E-state index in [1.165, 1.54) is 15.7 Å². The van der Waals surface area contributed by atoms with Crippen molar-refractivity contribution < 1.29 is 0 Å². The summed E-state index contributed by atoms with van der Waals surface area (Å²) in [6, 6.07) is 7.64. The van der Waals surface area contributed by atoms with Gasteiger partial charge in [0, 0.05) is 29.6 Å². The van der Waals surface area contributed by atoms with Crippen LogP contribution in [0.1, 0.15) is 33.3 Å². The van der Waals surface area contributed by atoms with E-state index in [9.17, 15) is 0 Å². The molecular weight excluding hydrogens is 300 g/mol. The standard InChI is InChI=1S/C16H25BrN2/c1-11-6-7-13(17)14(8-11)19-10-15(16(3,4)5)18-9-12(19)2/h6-8,12,15,18H,9-10H2,1-5H3. The maximum absolute atomic E-state index is 3.70. The summed E-state index contributed by atoms with van der Waals surface area (Å²) >= 11 is 3.70. The maximum Gasteiger partial charge on any atom is 0.0516 e. The van der Waals surface area contributed by atoms with Gasteiger partial charge in [-0.25, -0.2) is 0 Å². The molecule has 19 heavy (non-hydrogen) atoms. The Labute approximate surface area is 125 Å². The average molecular weight is 325 g/mol. The van der Waals surface area contributed by atoms with E-state index >= 15 is 0 Å². The van der Waals surface area contributed by atoms with Crippen LogP contribution >= 0.6 is 15.9 Å². The van der Waals surface area contributed by atoms with Crippen molar-refractivity contribution in [3.8, 4) is 0 Å². The lowest BCUT2D eigenvalue weighted by Crippen LogP contribution is -2.59. The summed E-state index contributed by atoms with van der Waals surface area (Å²) in [7, 11) is 0. The third-order valence-corrected chi connectivity index (χ3v) is 4.70. The molecule has 0 radical (unpaired) electrons. The van der Waals surface area contributed by atoms with Crippen LogP contribution in [0, 0.1) is 12.3 Å². The third kappa shape index (κ3) is 3.32. The Morgan fingerprint density at radius 1 is 1.32 bits per heavy atom. The van der Waals surface area contributed by atoms with E-state index in [0.29, 0.717) is 12.1 Å². The molecule has 1 heterocycles. The number of hydrogen-bond donors (Lipinski definition) is 1. The van der Waals surface area contributed by atoms with E-state index in [0.717, 1.165) is 13.1 Å². The van der Waals surface area contributed by atoms with Crippen molar-refractivity contribution in [2.24, 2.45) is 5.41 Å². The van der Waals surface area contributed by atoms with Crippen molar-refractivity contribution in [1.29, 1.82) is 0 Å². The van der Waals surface area contributed by atoms with Crippen molar-refractivity contribution in [2.75, 3.05) is 18.0 Å². The normalized spacial score (nSPS) is 24.6. The number of aryl methyl sites for hydroxylation is 1. The molecule has 1 saturated heterocycles. The van der Waals surface area contributed by atoms with Crippen LogP contribution in [0.2, 0.25) is 0 Å². The molecule has 2 atom stereocenters. The summed E-state index contributed by atoms with van der Waals surface area (Å²) in [5.41, 5.74) is 2.92. The van der Waals surface area contributed by atoms with Gasteiger partial charge in [-0.3, -0.25) is 0 Å². The van der Waals surface area contributed by atoms with Crippen LogP contribution in [0.4, 0.5) is 5.69 Å². The highest BCUT2D eigenvalue weighted by molar-refractivity contribution is 9.10. The Morgan fingerprint density at radius 3 is 2.63 bits per heavy atom. The molecule has 2 nitrogen and oxygen atoms in total. The second-order valence-electron chi connectivity index (χ2n) is 6.78. The molecule has 1 aliphatic rings. The number of nitrogens with zero attached hydrogens (tertiary/aromatic N) is 1. The first-order valence-electron chi connectivity index (χ1n) is 7.05. The summed E-state index contributed by atoms with van der Waals surface area (Å²) in [4.78, 5) is 2.53. The van der Waals surface area contributed by atoms with Gasteiger partial charge in [0.15, 0.2) is 0 Å². The summed E-state index contributed by atoms with van der Waals surface area (Å²) in [6.45, 7) is 13.5. The van der Waals surface area contributed by atoms with E-state index in [1.54, 1.807) is 0 Å². The van der Waals surface area contributed by atoms with Crippen molar-refractivity contribution in [3.05, 3.63) is 28.2 Å². The minimum Gasteiger partial charge on any atom is -0.365 e. The lowest BCUT2D eigenvalue weighted by Gasteiger charge is -2.45. The first-order chi connectivity index (χ1) is 8.79. The molecule has 2 unspecified atom stereocenters. The van der Waals surface area contributed by atoms with Gasteiger partial charge >= 0.3 is 0 Å². The monoisotopic (exact) mass is 324 g/mol. The first kappa shape index (κ1) is 14.9. The van der Waals surface area contributed by atoms with Gasteiger partial charge in [-0.1, -0.05) is 26.8 Å². The Hall–Kier alpha value is -0.540. The van der Waals surface area contributed by atoms with E-state index < -0.39 is 0 Å². The number of rotatable bonds is 1. The van der Waals surface area contributed by atoms with Crippen LogP contribution in [0.3, 0.4) is 0 Å². The topological polar surface area (TPSA) is 15.3 Å². The largest absolute Gasteiger partial charge is 0.365 e. The Balaban J connectivity index is 2.28. The Kier molecular flexibility index (Phi) is 4.26. The lowest BCUT2D eigenvalue weighted by molar-refractivity contribution is 0.239. The van der Waals surface area contributed by atoms with E-state index in [4.69, 9.17) is 0 Å². The van der Waals surface area contributed by atoms with Gasteiger partial charge < -0.3 is 10.2 Å². The molecule has 106 valence electrons. The van der Waals surface area contributed by atoms with Gasteiger partial charge in [-0.2, -0.15) is 0 Å². The van der Waals surface area contributed by atoms with Crippen LogP contribution in [-0.2, 0) is 0 Å². The number of hydrogen-bond acceptors (Lipinski definition) is 2. The van der Waals surface area contributed by atoms with Crippen LogP contribution in [0.25, 0.3) is 0 Å². The molecule has 3 heteroatoms. The van der Waals surface area contributed by atoms with E-state index in [2.05, 4.69) is 79.0 Å². The molecule has 2 rings (SSSR count). The smallest absolute Gasteiger partial charge is 0.0516 e. The molecule has 1 fully saturated rings. The van der Waals surface area contributed by atoms with Crippen molar-refractivity contribution in [1.82, 2.24) is 5.32 Å². The number of piperazine rings is 1. The van der Waals surface area contributed by atoms with Gasteiger partial charge in [0.05, 0.1) is 5.69 Å². The highest BCUT2D eigenvalue weighted by Gasteiger charge is 2.33. The van der Waals surface area contributed by atoms with Crippen molar-refractivity contribution in [2.45, 2.75) is 46.7 Å². The van der Waals surface area contributed by atoms with Gasteiger partial charge in [-0.05, 0) is 52.9 Å². The molecule has 1 N–H and O–H groups in total. The number of nitrogens with one attached hydrogen (secondary N) is 1. The summed E-state index contributed by atoms with van der Waals surface area (Å²) in [6.07, 6.45) is 0. The Morgan fingerprint density at radius 2 is 2.00 bits per heavy atom. The fourth-order valence-electron chi connectivity index (χ4n) is 2.62. The predicted octanol–water partition coefficient (Wildman–Crippen LogP) is 3.97. The van der Waals surface area contributed by atoms with E-state index in [1.807, 2.05) is 0 Å².